The van der Waals surface area contributed by atoms with Crippen LogP contribution in [0.15, 0.2) is 53.7 Å². The molecule has 3 rings (SSSR count). The Bertz CT molecular complexity index is 952. The van der Waals surface area contributed by atoms with Gasteiger partial charge in [-0.25, -0.2) is 9.31 Å². The number of rotatable bonds is 6. The van der Waals surface area contributed by atoms with Crippen molar-refractivity contribution in [3.05, 3.63) is 59.9 Å². The number of amides is 1. The fraction of sp³-hybridized carbons (Fsp3) is 0.211. The second-order valence-electron chi connectivity index (χ2n) is 5.41. The summed E-state index contributed by atoms with van der Waals surface area (Å²) in [4.78, 5) is 25.6. The van der Waals surface area contributed by atoms with Gasteiger partial charge in [0, 0.05) is 16.8 Å². The Hall–Kier alpha value is -2.80. The molecular formula is C19H19N3O3S. The Kier molecular flexibility index (Phi) is 5.58. The molecule has 26 heavy (non-hydrogen) atoms. The molecule has 0 radical (unpaired) electrons. The second kappa shape index (κ2) is 8.05. The Labute approximate surface area is 155 Å². The molecule has 6 nitrogen and oxygen atoms in total. The highest BCUT2D eigenvalue weighted by atomic mass is 32.2. The number of thioether (sulfide) groups is 1. The third-order valence-electron chi connectivity index (χ3n) is 3.71. The highest BCUT2D eigenvalue weighted by Crippen LogP contribution is 2.24. The predicted octanol–water partition coefficient (Wildman–Crippen LogP) is 3.88. The molecule has 0 bridgehead atoms. The van der Waals surface area contributed by atoms with Crippen LogP contribution in [0.3, 0.4) is 0 Å². The average Bonchev–Trinajstić information content (AvgIpc) is 3.06. The summed E-state index contributed by atoms with van der Waals surface area (Å²) in [5.41, 5.74) is 2.16. The number of nitrogens with zero attached hydrogens (tertiary/aromatic N) is 2. The van der Waals surface area contributed by atoms with Crippen LogP contribution in [0.5, 0.6) is 0 Å². The molecule has 134 valence electrons. The third-order valence-corrected chi connectivity index (χ3v) is 4.66. The van der Waals surface area contributed by atoms with Gasteiger partial charge in [-0.2, -0.15) is 5.10 Å². The van der Waals surface area contributed by atoms with Crippen molar-refractivity contribution in [1.82, 2.24) is 9.61 Å². The van der Waals surface area contributed by atoms with Crippen LogP contribution < -0.4 is 5.32 Å². The van der Waals surface area contributed by atoms with Gasteiger partial charge in [0.1, 0.15) is 5.56 Å². The maximum atomic E-state index is 12.7. The number of pyridine rings is 1. The highest BCUT2D eigenvalue weighted by Gasteiger charge is 2.16. The van der Waals surface area contributed by atoms with Crippen LogP contribution in [-0.4, -0.2) is 33.9 Å². The van der Waals surface area contributed by atoms with Crippen LogP contribution in [0.25, 0.3) is 5.52 Å². The molecule has 1 aromatic carbocycles. The Morgan fingerprint density at radius 2 is 2.00 bits per heavy atom. The van der Waals surface area contributed by atoms with E-state index in [0.29, 0.717) is 28.9 Å². The molecule has 0 spiro atoms. The largest absolute Gasteiger partial charge is 0.462 e. The van der Waals surface area contributed by atoms with Crippen molar-refractivity contribution in [1.29, 1.82) is 0 Å². The van der Waals surface area contributed by atoms with Crippen LogP contribution in [0.1, 0.15) is 34.6 Å². The van der Waals surface area contributed by atoms with Gasteiger partial charge in [0.15, 0.2) is 0 Å². The lowest BCUT2D eigenvalue weighted by Crippen LogP contribution is -2.13. The molecule has 1 amide bonds. The number of benzene rings is 1. The van der Waals surface area contributed by atoms with Crippen molar-refractivity contribution in [3.8, 4) is 0 Å². The molecule has 7 heteroatoms. The number of aromatic nitrogens is 2. The number of hydrogen-bond acceptors (Lipinski definition) is 5. The van der Waals surface area contributed by atoms with Crippen LogP contribution in [0.2, 0.25) is 0 Å². The van der Waals surface area contributed by atoms with Crippen molar-refractivity contribution in [2.75, 3.05) is 17.7 Å². The zero-order valence-corrected chi connectivity index (χ0v) is 15.4. The first-order valence-corrected chi connectivity index (χ1v) is 9.30. The zero-order chi connectivity index (χ0) is 18.5. The van der Waals surface area contributed by atoms with E-state index in [1.165, 1.54) is 6.20 Å². The normalized spacial score (nSPS) is 10.7. The van der Waals surface area contributed by atoms with Gasteiger partial charge in [0.25, 0.3) is 5.91 Å². The van der Waals surface area contributed by atoms with E-state index in [-0.39, 0.29) is 5.91 Å². The maximum absolute atomic E-state index is 12.7. The maximum Gasteiger partial charge on any atom is 0.341 e. The Morgan fingerprint density at radius 1 is 1.19 bits per heavy atom. The molecule has 0 atom stereocenters. The smallest absolute Gasteiger partial charge is 0.341 e. The van der Waals surface area contributed by atoms with Gasteiger partial charge in [-0.1, -0.05) is 19.1 Å². The molecular weight excluding hydrogens is 350 g/mol. The predicted molar refractivity (Wildman–Crippen MR) is 102 cm³/mol. The van der Waals surface area contributed by atoms with E-state index >= 15 is 0 Å². The molecule has 1 N–H and O–H groups in total. The number of nitrogens with one attached hydrogen (secondary N) is 1. The van der Waals surface area contributed by atoms with Crippen LogP contribution in [0.4, 0.5) is 5.69 Å². The first kappa shape index (κ1) is 18.0. The molecule has 3 aromatic rings. The first-order valence-electron chi connectivity index (χ1n) is 8.31. The second-order valence-corrected chi connectivity index (χ2v) is 6.71. The molecule has 0 fully saturated rings. The van der Waals surface area contributed by atoms with Crippen molar-refractivity contribution >= 4 is 34.8 Å². The zero-order valence-electron chi connectivity index (χ0n) is 14.6. The number of hydrogen-bond donors (Lipinski definition) is 1. The summed E-state index contributed by atoms with van der Waals surface area (Å²) < 4.78 is 6.62. The van der Waals surface area contributed by atoms with Crippen LogP contribution >= 0.6 is 11.8 Å². The van der Waals surface area contributed by atoms with E-state index in [2.05, 4.69) is 10.4 Å². The molecule has 0 saturated carbocycles. The molecule has 0 aliphatic heterocycles. The third kappa shape index (κ3) is 3.72. The molecule has 2 aromatic heterocycles. The fourth-order valence-electron chi connectivity index (χ4n) is 2.56. The summed E-state index contributed by atoms with van der Waals surface area (Å²) in [7, 11) is 0. The number of fused-ring (bicyclic) bond motifs is 1. The summed E-state index contributed by atoms with van der Waals surface area (Å²) >= 11 is 1.62. The van der Waals surface area contributed by atoms with Crippen LogP contribution in [-0.2, 0) is 4.74 Å². The minimum absolute atomic E-state index is 0.192. The first-order chi connectivity index (χ1) is 12.6. The molecule has 0 unspecified atom stereocenters. The lowest BCUT2D eigenvalue weighted by Gasteiger charge is -2.10. The van der Waals surface area contributed by atoms with E-state index < -0.39 is 5.97 Å². The van der Waals surface area contributed by atoms with Gasteiger partial charge in [-0.15, -0.1) is 11.8 Å². The van der Waals surface area contributed by atoms with Crippen molar-refractivity contribution < 1.29 is 14.3 Å². The topological polar surface area (TPSA) is 72.7 Å². The van der Waals surface area contributed by atoms with E-state index in [9.17, 15) is 9.59 Å². The average molecular weight is 369 g/mol. The van der Waals surface area contributed by atoms with Gasteiger partial charge in [-0.3, -0.25) is 4.79 Å². The lowest BCUT2D eigenvalue weighted by molar-refractivity contribution is 0.0528. The van der Waals surface area contributed by atoms with Gasteiger partial charge >= 0.3 is 5.97 Å². The number of ether oxygens (including phenoxy) is 1. The molecule has 0 aliphatic rings. The fourth-order valence-corrected chi connectivity index (χ4v) is 3.36. The molecule has 0 saturated heterocycles. The van der Waals surface area contributed by atoms with E-state index in [1.807, 2.05) is 25.1 Å². The quantitative estimate of drug-likeness (QED) is 0.527. The standard InChI is InChI=1S/C19H19N3O3S/c1-3-25-19(24)15-12-20-22-10-9-13(11-16(15)22)21-18(23)14-7-5-6-8-17(14)26-4-2/h5-12H,3-4H2,1-2H3,(H,21,23). The van der Waals surface area contributed by atoms with Gasteiger partial charge in [0.2, 0.25) is 0 Å². The number of esters is 1. The van der Waals surface area contributed by atoms with Gasteiger partial charge < -0.3 is 10.1 Å². The summed E-state index contributed by atoms with van der Waals surface area (Å²) in [6.07, 6.45) is 3.16. The van der Waals surface area contributed by atoms with Crippen molar-refractivity contribution in [2.45, 2.75) is 18.7 Å². The minimum atomic E-state index is -0.435. The SMILES string of the molecule is CCOC(=O)c1cnn2ccc(NC(=O)c3ccccc3SCC)cc12. The number of carbonyl (C=O) groups excluding carboxylic acids is 2. The molecule has 0 aliphatic carbocycles. The van der Waals surface area contributed by atoms with Crippen molar-refractivity contribution in [3.63, 3.8) is 0 Å². The van der Waals surface area contributed by atoms with E-state index in [1.54, 1.807) is 47.6 Å². The monoisotopic (exact) mass is 369 g/mol. The summed E-state index contributed by atoms with van der Waals surface area (Å²) in [5.74, 6) is 0.258. The minimum Gasteiger partial charge on any atom is -0.462 e. The van der Waals surface area contributed by atoms with Gasteiger partial charge in [0.05, 0.1) is 23.9 Å². The summed E-state index contributed by atoms with van der Waals surface area (Å²) in [6, 6.07) is 10.9. The van der Waals surface area contributed by atoms with Crippen LogP contribution in [0, 0.1) is 0 Å². The summed E-state index contributed by atoms with van der Waals surface area (Å²) in [6.45, 7) is 4.09. The van der Waals surface area contributed by atoms with Gasteiger partial charge in [-0.05, 0) is 36.9 Å². The van der Waals surface area contributed by atoms with E-state index in [0.717, 1.165) is 10.6 Å². The Balaban J connectivity index is 1.88. The lowest BCUT2D eigenvalue weighted by atomic mass is 10.2. The number of carbonyl (C=O) groups is 2. The number of anilines is 1. The highest BCUT2D eigenvalue weighted by molar-refractivity contribution is 7.99. The van der Waals surface area contributed by atoms with E-state index in [4.69, 9.17) is 4.74 Å². The molecule has 2 heterocycles. The Morgan fingerprint density at radius 3 is 2.77 bits per heavy atom. The van der Waals surface area contributed by atoms with Crippen molar-refractivity contribution in [2.24, 2.45) is 0 Å². The summed E-state index contributed by atoms with van der Waals surface area (Å²) in [5, 5.41) is 7.03.